The molecule has 1 aromatic carbocycles. The van der Waals surface area contributed by atoms with Crippen molar-refractivity contribution in [3.8, 4) is 17.4 Å². The molecular weight excluding hydrogens is 271 g/mol. The van der Waals surface area contributed by atoms with E-state index in [-0.39, 0.29) is 5.88 Å². The number of nitrogens with one attached hydrogen (secondary N) is 1. The quantitative estimate of drug-likeness (QED) is 0.847. The molecule has 0 bridgehead atoms. The molecule has 0 amide bonds. The summed E-state index contributed by atoms with van der Waals surface area (Å²) < 4.78 is 25.2. The summed E-state index contributed by atoms with van der Waals surface area (Å²) in [7, 11) is 0. The van der Waals surface area contributed by atoms with E-state index >= 15 is 0 Å². The van der Waals surface area contributed by atoms with Crippen LogP contribution in [0.1, 0.15) is 19.4 Å². The predicted molar refractivity (Wildman–Crippen MR) is 79.3 cm³/mol. The first-order valence-electron chi connectivity index (χ1n) is 6.99. The van der Waals surface area contributed by atoms with E-state index in [4.69, 9.17) is 9.47 Å². The Balaban J connectivity index is 2.17. The second-order valence-electron chi connectivity index (χ2n) is 4.38. The molecule has 0 aliphatic rings. The highest BCUT2D eigenvalue weighted by Crippen LogP contribution is 2.26. The minimum atomic E-state index is -0.444. The third kappa shape index (κ3) is 4.16. The van der Waals surface area contributed by atoms with Crippen LogP contribution in [-0.4, -0.2) is 18.1 Å². The molecule has 1 aromatic heterocycles. The number of rotatable bonds is 7. The largest absolute Gasteiger partial charge is 0.494 e. The van der Waals surface area contributed by atoms with Crippen LogP contribution in [0.2, 0.25) is 0 Å². The van der Waals surface area contributed by atoms with Crippen LogP contribution in [0.25, 0.3) is 0 Å². The van der Waals surface area contributed by atoms with Crippen molar-refractivity contribution in [2.45, 2.75) is 20.4 Å². The Bertz CT molecular complexity index is 590. The third-order valence-corrected chi connectivity index (χ3v) is 2.83. The summed E-state index contributed by atoms with van der Waals surface area (Å²) in [5, 5.41) is 3.08. The number of aromatic nitrogens is 1. The van der Waals surface area contributed by atoms with Crippen LogP contribution in [0.3, 0.4) is 0 Å². The molecule has 1 N–H and O–H groups in total. The van der Waals surface area contributed by atoms with Crippen molar-refractivity contribution in [1.82, 2.24) is 10.3 Å². The molecule has 0 saturated heterocycles. The lowest BCUT2D eigenvalue weighted by molar-refractivity contribution is 0.337. The Morgan fingerprint density at radius 1 is 1.19 bits per heavy atom. The van der Waals surface area contributed by atoms with Crippen LogP contribution in [0.4, 0.5) is 4.39 Å². The maximum Gasteiger partial charge on any atom is 0.256 e. The summed E-state index contributed by atoms with van der Waals surface area (Å²) in [5.41, 5.74) is 0.530. The molecule has 1 heterocycles. The van der Waals surface area contributed by atoms with E-state index in [1.54, 1.807) is 24.3 Å². The summed E-state index contributed by atoms with van der Waals surface area (Å²) in [6, 6.07) is 8.70. The lowest BCUT2D eigenvalue weighted by atomic mass is 10.2. The second kappa shape index (κ2) is 7.59. The van der Waals surface area contributed by atoms with Crippen LogP contribution >= 0.6 is 0 Å². The standard InChI is InChI=1S/C16H19FN2O2/c1-3-18-11-12-8-9-19-16(15(12)17)21-14-7-5-6-13(10-14)20-4-2/h5-10,18H,3-4,11H2,1-2H3. The predicted octanol–water partition coefficient (Wildman–Crippen LogP) is 3.52. The Kier molecular flexibility index (Phi) is 5.51. The van der Waals surface area contributed by atoms with Gasteiger partial charge in [0.1, 0.15) is 11.5 Å². The van der Waals surface area contributed by atoms with Crippen LogP contribution in [0.15, 0.2) is 36.5 Å². The highest BCUT2D eigenvalue weighted by Gasteiger charge is 2.11. The first kappa shape index (κ1) is 15.3. The van der Waals surface area contributed by atoms with Gasteiger partial charge in [0.05, 0.1) is 6.61 Å². The topological polar surface area (TPSA) is 43.4 Å². The number of hydrogen-bond donors (Lipinski definition) is 1. The number of hydrogen-bond acceptors (Lipinski definition) is 4. The molecule has 4 nitrogen and oxygen atoms in total. The van der Waals surface area contributed by atoms with E-state index < -0.39 is 5.82 Å². The number of nitrogens with zero attached hydrogens (tertiary/aromatic N) is 1. The van der Waals surface area contributed by atoms with Gasteiger partial charge in [-0.1, -0.05) is 13.0 Å². The highest BCUT2D eigenvalue weighted by molar-refractivity contribution is 5.36. The van der Waals surface area contributed by atoms with Gasteiger partial charge in [0.25, 0.3) is 5.88 Å². The van der Waals surface area contributed by atoms with Crippen LogP contribution < -0.4 is 14.8 Å². The average molecular weight is 290 g/mol. The SMILES string of the molecule is CCNCc1ccnc(Oc2cccc(OCC)c2)c1F. The van der Waals surface area contributed by atoms with Gasteiger partial charge in [-0.05, 0) is 31.7 Å². The van der Waals surface area contributed by atoms with Gasteiger partial charge in [0, 0.05) is 24.4 Å². The number of halogens is 1. The molecule has 0 aliphatic heterocycles. The van der Waals surface area contributed by atoms with E-state index in [2.05, 4.69) is 10.3 Å². The molecule has 0 unspecified atom stereocenters. The molecule has 0 saturated carbocycles. The van der Waals surface area contributed by atoms with Gasteiger partial charge < -0.3 is 14.8 Å². The van der Waals surface area contributed by atoms with E-state index in [1.807, 2.05) is 19.9 Å². The maximum atomic E-state index is 14.3. The minimum absolute atomic E-state index is 0.0287. The Morgan fingerprint density at radius 2 is 2.00 bits per heavy atom. The number of benzene rings is 1. The van der Waals surface area contributed by atoms with Gasteiger partial charge in [0.15, 0.2) is 5.82 Å². The summed E-state index contributed by atoms with van der Waals surface area (Å²) in [6.07, 6.45) is 1.54. The Hall–Kier alpha value is -2.14. The maximum absolute atomic E-state index is 14.3. The normalized spacial score (nSPS) is 10.4. The molecule has 21 heavy (non-hydrogen) atoms. The minimum Gasteiger partial charge on any atom is -0.494 e. The van der Waals surface area contributed by atoms with Gasteiger partial charge in [-0.25, -0.2) is 9.37 Å². The zero-order valence-corrected chi connectivity index (χ0v) is 12.2. The molecule has 2 aromatic rings. The third-order valence-electron chi connectivity index (χ3n) is 2.83. The molecule has 0 atom stereocenters. The van der Waals surface area contributed by atoms with E-state index in [0.717, 1.165) is 6.54 Å². The molecule has 2 rings (SSSR count). The summed E-state index contributed by atoms with van der Waals surface area (Å²) >= 11 is 0. The van der Waals surface area contributed by atoms with Gasteiger partial charge in [0.2, 0.25) is 0 Å². The average Bonchev–Trinajstić information content (AvgIpc) is 2.49. The van der Waals surface area contributed by atoms with Crippen LogP contribution in [-0.2, 0) is 6.54 Å². The van der Waals surface area contributed by atoms with E-state index in [1.165, 1.54) is 6.20 Å². The highest BCUT2D eigenvalue weighted by atomic mass is 19.1. The second-order valence-corrected chi connectivity index (χ2v) is 4.38. The fourth-order valence-electron chi connectivity index (χ4n) is 1.84. The fraction of sp³-hybridized carbons (Fsp3) is 0.312. The van der Waals surface area contributed by atoms with Crippen molar-refractivity contribution in [1.29, 1.82) is 0 Å². The lowest BCUT2D eigenvalue weighted by Gasteiger charge is -2.10. The molecule has 0 aliphatic carbocycles. The van der Waals surface area contributed by atoms with Crippen molar-refractivity contribution >= 4 is 0 Å². The van der Waals surface area contributed by atoms with Gasteiger partial charge in [-0.15, -0.1) is 0 Å². The Morgan fingerprint density at radius 3 is 2.76 bits per heavy atom. The molecule has 5 heteroatoms. The molecule has 0 fully saturated rings. The molecule has 112 valence electrons. The molecule has 0 radical (unpaired) electrons. The Labute approximate surface area is 123 Å². The van der Waals surface area contributed by atoms with Gasteiger partial charge in [-0.2, -0.15) is 0 Å². The zero-order valence-electron chi connectivity index (χ0n) is 12.2. The monoisotopic (exact) mass is 290 g/mol. The van der Waals surface area contributed by atoms with Crippen molar-refractivity contribution in [3.05, 3.63) is 47.9 Å². The van der Waals surface area contributed by atoms with Crippen LogP contribution in [0.5, 0.6) is 17.4 Å². The van der Waals surface area contributed by atoms with Gasteiger partial charge in [-0.3, -0.25) is 0 Å². The van der Waals surface area contributed by atoms with Gasteiger partial charge >= 0.3 is 0 Å². The first-order valence-corrected chi connectivity index (χ1v) is 6.99. The van der Waals surface area contributed by atoms with Crippen LogP contribution in [0, 0.1) is 5.82 Å². The number of ether oxygens (including phenoxy) is 2. The molecule has 0 spiro atoms. The summed E-state index contributed by atoms with van der Waals surface area (Å²) in [5.74, 6) is 0.700. The first-order chi connectivity index (χ1) is 10.2. The summed E-state index contributed by atoms with van der Waals surface area (Å²) in [6.45, 7) is 5.65. The van der Waals surface area contributed by atoms with Crippen molar-refractivity contribution in [3.63, 3.8) is 0 Å². The fourth-order valence-corrected chi connectivity index (χ4v) is 1.84. The van der Waals surface area contributed by atoms with Crippen molar-refractivity contribution < 1.29 is 13.9 Å². The number of pyridine rings is 1. The van der Waals surface area contributed by atoms with E-state index in [9.17, 15) is 4.39 Å². The lowest BCUT2D eigenvalue weighted by Crippen LogP contribution is -2.13. The summed E-state index contributed by atoms with van der Waals surface area (Å²) in [4.78, 5) is 3.95. The van der Waals surface area contributed by atoms with Crippen molar-refractivity contribution in [2.24, 2.45) is 0 Å². The smallest absolute Gasteiger partial charge is 0.256 e. The van der Waals surface area contributed by atoms with Crippen molar-refractivity contribution in [2.75, 3.05) is 13.2 Å². The van der Waals surface area contributed by atoms with E-state index in [0.29, 0.717) is 30.2 Å². The molecular formula is C16H19FN2O2. The zero-order chi connectivity index (χ0) is 15.1.